The second-order valence-electron chi connectivity index (χ2n) is 10.9. The van der Waals surface area contributed by atoms with E-state index in [4.69, 9.17) is 9.47 Å². The summed E-state index contributed by atoms with van der Waals surface area (Å²) >= 11 is 0.812. The topological polar surface area (TPSA) is 72.9 Å². The van der Waals surface area contributed by atoms with Crippen LogP contribution in [0.1, 0.15) is 49.7 Å². The molecule has 2 aromatic carbocycles. The van der Waals surface area contributed by atoms with E-state index in [1.54, 1.807) is 42.5 Å². The van der Waals surface area contributed by atoms with Gasteiger partial charge in [0.25, 0.3) is 11.1 Å². The number of amides is 2. The Balaban J connectivity index is 1.18. The van der Waals surface area contributed by atoms with Gasteiger partial charge in [0.1, 0.15) is 5.82 Å². The fraction of sp³-hybridized carbons (Fsp3) is 0.414. The molecule has 37 heavy (non-hydrogen) atoms. The molecule has 1 heterocycles. The van der Waals surface area contributed by atoms with Gasteiger partial charge in [0.15, 0.2) is 11.5 Å². The molecule has 192 valence electrons. The van der Waals surface area contributed by atoms with E-state index in [1.165, 1.54) is 32.4 Å². The molecule has 0 aromatic heterocycles. The van der Waals surface area contributed by atoms with Crippen molar-refractivity contribution in [1.29, 1.82) is 0 Å². The number of imide groups is 1. The molecule has 1 saturated heterocycles. The smallest absolute Gasteiger partial charge is 0.317 e. The molecule has 1 aliphatic heterocycles. The third kappa shape index (κ3) is 4.45. The average Bonchev–Trinajstić information content (AvgIpc) is 3.12. The lowest BCUT2D eigenvalue weighted by Crippen LogP contribution is -2.51. The first kappa shape index (κ1) is 24.2. The number of halogens is 1. The van der Waals surface area contributed by atoms with Gasteiger partial charge in [-0.3, -0.25) is 19.3 Å². The number of esters is 1. The lowest BCUT2D eigenvalue weighted by atomic mass is 9.49. The van der Waals surface area contributed by atoms with Gasteiger partial charge in [-0.15, -0.1) is 0 Å². The Hall–Kier alpha value is -3.13. The maximum Gasteiger partial charge on any atom is 0.317 e. The summed E-state index contributed by atoms with van der Waals surface area (Å²) in [6.07, 6.45) is 8.09. The number of carbonyl (C=O) groups excluding carboxylic acids is 3. The van der Waals surface area contributed by atoms with E-state index in [1.807, 2.05) is 0 Å². The Morgan fingerprint density at radius 3 is 2.38 bits per heavy atom. The van der Waals surface area contributed by atoms with Gasteiger partial charge in [0.2, 0.25) is 0 Å². The summed E-state index contributed by atoms with van der Waals surface area (Å²) in [6.45, 7) is -0.128. The van der Waals surface area contributed by atoms with E-state index in [0.29, 0.717) is 34.8 Å². The number of methoxy groups -OCH3 is 1. The van der Waals surface area contributed by atoms with Crippen molar-refractivity contribution in [2.24, 2.45) is 23.2 Å². The standard InChI is InChI=1S/C29H28FNO5S/c1-35-24-11-17(12-25-26(32)31(28(34)37-25)16-21-4-2-3-5-22(21)30)6-7-23(24)36-27(33)29-13-18-8-19(14-29)10-20(9-18)15-29/h2-7,11-12,18-20H,8-10,13-16H2,1H3/b25-12-. The molecule has 4 bridgehead atoms. The molecule has 0 atom stereocenters. The zero-order valence-electron chi connectivity index (χ0n) is 20.6. The predicted molar refractivity (Wildman–Crippen MR) is 137 cm³/mol. The Morgan fingerprint density at radius 1 is 1.05 bits per heavy atom. The molecule has 7 rings (SSSR count). The first-order valence-electron chi connectivity index (χ1n) is 12.7. The molecule has 4 aliphatic carbocycles. The van der Waals surface area contributed by atoms with Crippen molar-refractivity contribution in [3.05, 3.63) is 64.3 Å². The van der Waals surface area contributed by atoms with Gasteiger partial charge >= 0.3 is 5.97 Å². The van der Waals surface area contributed by atoms with Crippen LogP contribution in [0.25, 0.3) is 6.08 Å². The van der Waals surface area contributed by atoms with Crippen molar-refractivity contribution in [2.75, 3.05) is 7.11 Å². The number of carbonyl (C=O) groups is 3. The Labute approximate surface area is 219 Å². The lowest BCUT2D eigenvalue weighted by Gasteiger charge is -2.55. The minimum Gasteiger partial charge on any atom is -0.493 e. The zero-order valence-corrected chi connectivity index (χ0v) is 21.4. The summed E-state index contributed by atoms with van der Waals surface area (Å²) in [5, 5.41) is -0.451. The van der Waals surface area contributed by atoms with Crippen LogP contribution < -0.4 is 9.47 Å². The fourth-order valence-corrected chi connectivity index (χ4v) is 7.85. The SMILES string of the molecule is COc1cc(/C=C2\SC(=O)N(Cc3ccccc3F)C2=O)ccc1OC(=O)C12CC3CC(CC(C3)C1)C2. The van der Waals surface area contributed by atoms with Crippen molar-refractivity contribution in [1.82, 2.24) is 4.90 Å². The van der Waals surface area contributed by atoms with Crippen molar-refractivity contribution < 1.29 is 28.2 Å². The van der Waals surface area contributed by atoms with Crippen molar-refractivity contribution in [2.45, 2.75) is 45.1 Å². The van der Waals surface area contributed by atoms with Gasteiger partial charge in [-0.05, 0) is 97.9 Å². The van der Waals surface area contributed by atoms with Gasteiger partial charge < -0.3 is 9.47 Å². The highest BCUT2D eigenvalue weighted by atomic mass is 32.2. The fourth-order valence-electron chi connectivity index (χ4n) is 7.01. The summed E-state index contributed by atoms with van der Waals surface area (Å²) in [5.41, 5.74) is 0.524. The van der Waals surface area contributed by atoms with Crippen molar-refractivity contribution in [3.8, 4) is 11.5 Å². The second-order valence-corrected chi connectivity index (χ2v) is 11.9. The summed E-state index contributed by atoms with van der Waals surface area (Å²) in [7, 11) is 1.50. The van der Waals surface area contributed by atoms with E-state index in [2.05, 4.69) is 0 Å². The number of rotatable bonds is 6. The largest absolute Gasteiger partial charge is 0.493 e. The highest BCUT2D eigenvalue weighted by Gasteiger charge is 2.55. The van der Waals surface area contributed by atoms with Gasteiger partial charge in [0.05, 0.1) is 24.0 Å². The highest BCUT2D eigenvalue weighted by Crippen LogP contribution is 2.60. The molecular formula is C29H28FNO5S. The van der Waals surface area contributed by atoms with Crippen LogP contribution >= 0.6 is 11.8 Å². The van der Waals surface area contributed by atoms with E-state index >= 15 is 0 Å². The predicted octanol–water partition coefficient (Wildman–Crippen LogP) is 6.19. The molecule has 0 spiro atoms. The molecule has 2 aromatic rings. The zero-order chi connectivity index (χ0) is 25.7. The third-order valence-corrected chi connectivity index (χ3v) is 9.23. The van der Waals surface area contributed by atoms with Gasteiger partial charge in [0, 0.05) is 5.56 Å². The number of thioether (sulfide) groups is 1. The number of ether oxygens (including phenoxy) is 2. The maximum atomic E-state index is 14.0. The number of hydrogen-bond acceptors (Lipinski definition) is 6. The van der Waals surface area contributed by atoms with Crippen LogP contribution in [0.15, 0.2) is 47.4 Å². The Kier molecular flexibility index (Phi) is 6.10. The second kappa shape index (κ2) is 9.31. The van der Waals surface area contributed by atoms with Gasteiger partial charge in [-0.2, -0.15) is 0 Å². The maximum absolute atomic E-state index is 14.0. The molecule has 4 saturated carbocycles. The first-order chi connectivity index (χ1) is 17.8. The summed E-state index contributed by atoms with van der Waals surface area (Å²) < 4.78 is 25.5. The van der Waals surface area contributed by atoms with Crippen LogP contribution in [0.5, 0.6) is 11.5 Å². The van der Waals surface area contributed by atoms with Crippen LogP contribution in [0.2, 0.25) is 0 Å². The van der Waals surface area contributed by atoms with Gasteiger partial charge in [-0.1, -0.05) is 24.3 Å². The summed E-state index contributed by atoms with van der Waals surface area (Å²) in [6, 6.07) is 11.2. The first-order valence-corrected chi connectivity index (χ1v) is 13.5. The Morgan fingerprint density at radius 2 is 1.73 bits per heavy atom. The van der Waals surface area contributed by atoms with Crippen LogP contribution in [0.4, 0.5) is 9.18 Å². The van der Waals surface area contributed by atoms with Crippen LogP contribution in [-0.2, 0) is 16.1 Å². The van der Waals surface area contributed by atoms with E-state index < -0.39 is 17.0 Å². The quantitative estimate of drug-likeness (QED) is 0.256. The van der Waals surface area contributed by atoms with Crippen molar-refractivity contribution >= 4 is 35.0 Å². The van der Waals surface area contributed by atoms with Crippen LogP contribution in [0, 0.1) is 29.0 Å². The molecule has 8 heteroatoms. The molecule has 0 N–H and O–H groups in total. The minimum absolute atomic E-state index is 0.128. The number of nitrogens with zero attached hydrogens (tertiary/aromatic N) is 1. The van der Waals surface area contributed by atoms with Crippen LogP contribution in [-0.4, -0.2) is 29.1 Å². The van der Waals surface area contributed by atoms with E-state index in [0.717, 1.165) is 35.9 Å². The normalized spacial score (nSPS) is 29.3. The summed E-state index contributed by atoms with van der Waals surface area (Å²) in [5.74, 6) is 1.55. The molecular weight excluding hydrogens is 493 g/mol. The molecule has 5 aliphatic rings. The third-order valence-electron chi connectivity index (χ3n) is 8.32. The lowest BCUT2D eigenvalue weighted by molar-refractivity contribution is -0.161. The van der Waals surface area contributed by atoms with Crippen LogP contribution in [0.3, 0.4) is 0 Å². The van der Waals surface area contributed by atoms with E-state index in [-0.39, 0.29) is 28.4 Å². The minimum atomic E-state index is -0.477. The molecule has 6 nitrogen and oxygen atoms in total. The number of benzene rings is 2. The average molecular weight is 522 g/mol. The van der Waals surface area contributed by atoms with Gasteiger partial charge in [-0.25, -0.2) is 4.39 Å². The molecule has 0 unspecified atom stereocenters. The highest BCUT2D eigenvalue weighted by molar-refractivity contribution is 8.18. The van der Waals surface area contributed by atoms with Crippen molar-refractivity contribution in [3.63, 3.8) is 0 Å². The molecule has 2 amide bonds. The summed E-state index contributed by atoms with van der Waals surface area (Å²) in [4.78, 5) is 40.0. The molecule has 0 radical (unpaired) electrons. The monoisotopic (exact) mass is 521 g/mol. The van der Waals surface area contributed by atoms with E-state index in [9.17, 15) is 18.8 Å². The number of hydrogen-bond donors (Lipinski definition) is 0. The Bertz CT molecular complexity index is 1290. The molecule has 5 fully saturated rings.